The van der Waals surface area contributed by atoms with Gasteiger partial charge in [0, 0.05) is 18.8 Å². The van der Waals surface area contributed by atoms with E-state index in [0.717, 1.165) is 13.1 Å². The van der Waals surface area contributed by atoms with Crippen molar-refractivity contribution in [3.63, 3.8) is 0 Å². The summed E-state index contributed by atoms with van der Waals surface area (Å²) in [6.45, 7) is 8.79. The van der Waals surface area contributed by atoms with Gasteiger partial charge in [0.25, 0.3) is 0 Å². The van der Waals surface area contributed by atoms with Gasteiger partial charge in [0.15, 0.2) is 0 Å². The molecule has 0 unspecified atom stereocenters. The maximum Gasteiger partial charge on any atom is 0.0524 e. The van der Waals surface area contributed by atoms with Gasteiger partial charge in [-0.2, -0.15) is 0 Å². The number of benzene rings is 1. The van der Waals surface area contributed by atoms with Gasteiger partial charge >= 0.3 is 0 Å². The maximum atomic E-state index is 6.20. The topological polar surface area (TPSA) is 29.3 Å². The van der Waals surface area contributed by atoms with Crippen LogP contribution in [0.1, 0.15) is 46.5 Å². The van der Waals surface area contributed by atoms with Crippen molar-refractivity contribution >= 4 is 5.69 Å². The summed E-state index contributed by atoms with van der Waals surface area (Å²) in [5.41, 5.74) is 8.15. The largest absolute Gasteiger partial charge is 0.365 e. The molecule has 0 aromatic heterocycles. The fraction of sp³-hybridized carbons (Fsp3) is 0.647. The molecule has 2 heteroatoms. The van der Waals surface area contributed by atoms with Gasteiger partial charge in [0.1, 0.15) is 0 Å². The van der Waals surface area contributed by atoms with E-state index < -0.39 is 0 Å². The highest BCUT2D eigenvalue weighted by Gasteiger charge is 2.41. The van der Waals surface area contributed by atoms with Crippen molar-refractivity contribution in [3.8, 4) is 0 Å². The number of hydrogen-bond donors (Lipinski definition) is 1. The number of para-hydroxylation sites is 1. The number of nitrogens with two attached hydrogens (primary N) is 1. The third-order valence-corrected chi connectivity index (χ3v) is 4.87. The van der Waals surface area contributed by atoms with Crippen LogP contribution in [0.3, 0.4) is 0 Å². The first-order valence-electron chi connectivity index (χ1n) is 7.56. The van der Waals surface area contributed by atoms with E-state index in [0.29, 0.717) is 5.41 Å². The molecular formula is C17H28N2. The Morgan fingerprint density at radius 2 is 1.63 bits per heavy atom. The Balaban J connectivity index is 2.25. The highest BCUT2D eigenvalue weighted by Crippen LogP contribution is 2.43. The summed E-state index contributed by atoms with van der Waals surface area (Å²) in [6.07, 6.45) is 4.96. The van der Waals surface area contributed by atoms with Gasteiger partial charge in [-0.15, -0.1) is 0 Å². The lowest BCUT2D eigenvalue weighted by molar-refractivity contribution is 0.162. The predicted molar refractivity (Wildman–Crippen MR) is 83.5 cm³/mol. The van der Waals surface area contributed by atoms with Crippen molar-refractivity contribution in [1.29, 1.82) is 0 Å². The summed E-state index contributed by atoms with van der Waals surface area (Å²) in [7, 11) is 0. The highest BCUT2D eigenvalue weighted by atomic mass is 15.2. The molecule has 19 heavy (non-hydrogen) atoms. The summed E-state index contributed by atoms with van der Waals surface area (Å²) >= 11 is 0. The molecule has 2 rings (SSSR count). The fourth-order valence-corrected chi connectivity index (χ4v) is 3.38. The van der Waals surface area contributed by atoms with Crippen molar-refractivity contribution in [3.05, 3.63) is 30.3 Å². The fourth-order valence-electron chi connectivity index (χ4n) is 3.38. The molecule has 2 N–H and O–H groups in total. The average molecular weight is 260 g/mol. The van der Waals surface area contributed by atoms with E-state index in [9.17, 15) is 0 Å². The standard InChI is InChI=1S/C17H28N2/c1-4-19(15-8-6-5-7-9-15)17(14-18)12-10-16(2,3)11-13-17/h5-9H,4,10-14,18H2,1-3H3. The number of nitrogens with zero attached hydrogens (tertiary/aromatic N) is 1. The zero-order valence-corrected chi connectivity index (χ0v) is 12.7. The van der Waals surface area contributed by atoms with Crippen LogP contribution in [0.2, 0.25) is 0 Å². The van der Waals surface area contributed by atoms with Crippen LogP contribution >= 0.6 is 0 Å². The van der Waals surface area contributed by atoms with Crippen molar-refractivity contribution in [2.45, 2.75) is 52.0 Å². The Morgan fingerprint density at radius 1 is 1.05 bits per heavy atom. The lowest BCUT2D eigenvalue weighted by Crippen LogP contribution is -2.56. The smallest absolute Gasteiger partial charge is 0.0524 e. The molecule has 0 aliphatic heterocycles. The van der Waals surface area contributed by atoms with Crippen molar-refractivity contribution in [2.75, 3.05) is 18.0 Å². The molecule has 0 saturated heterocycles. The lowest BCUT2D eigenvalue weighted by Gasteiger charge is -2.50. The molecule has 0 bridgehead atoms. The lowest BCUT2D eigenvalue weighted by atomic mass is 9.68. The van der Waals surface area contributed by atoms with Crippen molar-refractivity contribution in [2.24, 2.45) is 11.1 Å². The second-order valence-electron chi connectivity index (χ2n) is 6.67. The van der Waals surface area contributed by atoms with Crippen LogP contribution in [0.4, 0.5) is 5.69 Å². The Kier molecular flexibility index (Phi) is 4.19. The first-order chi connectivity index (χ1) is 9.03. The predicted octanol–water partition coefficient (Wildman–Crippen LogP) is 3.81. The normalized spacial score (nSPS) is 21.1. The van der Waals surface area contributed by atoms with E-state index in [1.165, 1.54) is 31.4 Å². The minimum absolute atomic E-state index is 0.158. The summed E-state index contributed by atoms with van der Waals surface area (Å²) in [5.74, 6) is 0. The van der Waals surface area contributed by atoms with Crippen LogP contribution < -0.4 is 10.6 Å². The molecule has 1 aliphatic rings. The first kappa shape index (κ1) is 14.4. The summed E-state index contributed by atoms with van der Waals surface area (Å²) in [4.78, 5) is 2.53. The third-order valence-electron chi connectivity index (χ3n) is 4.87. The quantitative estimate of drug-likeness (QED) is 0.892. The van der Waals surface area contributed by atoms with Gasteiger partial charge in [-0.05, 0) is 50.2 Å². The molecular weight excluding hydrogens is 232 g/mol. The van der Waals surface area contributed by atoms with Crippen LogP contribution in [-0.2, 0) is 0 Å². The summed E-state index contributed by atoms with van der Waals surface area (Å²) in [5, 5.41) is 0. The molecule has 1 fully saturated rings. The van der Waals surface area contributed by atoms with Gasteiger partial charge in [-0.3, -0.25) is 0 Å². The molecule has 0 heterocycles. The van der Waals surface area contributed by atoms with Crippen LogP contribution in [0.15, 0.2) is 30.3 Å². The van der Waals surface area contributed by atoms with Crippen LogP contribution in [0, 0.1) is 5.41 Å². The van der Waals surface area contributed by atoms with Gasteiger partial charge < -0.3 is 10.6 Å². The van der Waals surface area contributed by atoms with Gasteiger partial charge in [0.2, 0.25) is 0 Å². The molecule has 0 atom stereocenters. The molecule has 1 aromatic carbocycles. The highest BCUT2D eigenvalue weighted by molar-refractivity contribution is 5.49. The second kappa shape index (κ2) is 5.54. The van der Waals surface area contributed by atoms with Gasteiger partial charge in [-0.25, -0.2) is 0 Å². The zero-order chi connectivity index (χ0) is 13.9. The maximum absolute atomic E-state index is 6.20. The minimum Gasteiger partial charge on any atom is -0.365 e. The van der Waals surface area contributed by atoms with E-state index in [-0.39, 0.29) is 5.54 Å². The van der Waals surface area contributed by atoms with Crippen molar-refractivity contribution in [1.82, 2.24) is 0 Å². The molecule has 0 radical (unpaired) electrons. The Hall–Kier alpha value is -1.02. The number of anilines is 1. The van der Waals surface area contributed by atoms with E-state index in [1.54, 1.807) is 0 Å². The minimum atomic E-state index is 0.158. The molecule has 1 aliphatic carbocycles. The number of likely N-dealkylation sites (N-methyl/N-ethyl adjacent to an activating group) is 1. The van der Waals surface area contributed by atoms with Gasteiger partial charge in [-0.1, -0.05) is 32.0 Å². The number of rotatable bonds is 4. The molecule has 2 nitrogen and oxygen atoms in total. The number of hydrogen-bond acceptors (Lipinski definition) is 2. The van der Waals surface area contributed by atoms with E-state index in [4.69, 9.17) is 5.73 Å². The van der Waals surface area contributed by atoms with Crippen LogP contribution in [-0.4, -0.2) is 18.6 Å². The molecule has 0 amide bonds. The summed E-state index contributed by atoms with van der Waals surface area (Å²) in [6, 6.07) is 10.7. The SMILES string of the molecule is CCN(c1ccccc1)C1(CN)CCC(C)(C)CC1. The van der Waals surface area contributed by atoms with Crippen LogP contribution in [0.5, 0.6) is 0 Å². The third kappa shape index (κ3) is 2.94. The van der Waals surface area contributed by atoms with E-state index in [2.05, 4.69) is 56.0 Å². The monoisotopic (exact) mass is 260 g/mol. The second-order valence-corrected chi connectivity index (χ2v) is 6.67. The van der Waals surface area contributed by atoms with E-state index >= 15 is 0 Å². The molecule has 1 aromatic rings. The molecule has 1 saturated carbocycles. The Morgan fingerprint density at radius 3 is 2.11 bits per heavy atom. The summed E-state index contributed by atoms with van der Waals surface area (Å²) < 4.78 is 0. The Bertz CT molecular complexity index is 387. The van der Waals surface area contributed by atoms with Crippen LogP contribution in [0.25, 0.3) is 0 Å². The Labute approximate surface area is 118 Å². The molecule has 106 valence electrons. The zero-order valence-electron chi connectivity index (χ0n) is 12.7. The van der Waals surface area contributed by atoms with Crippen molar-refractivity contribution < 1.29 is 0 Å². The average Bonchev–Trinajstić information content (AvgIpc) is 2.43. The molecule has 0 spiro atoms. The first-order valence-corrected chi connectivity index (χ1v) is 7.56. The van der Waals surface area contributed by atoms with E-state index in [1.807, 2.05) is 0 Å². The van der Waals surface area contributed by atoms with Gasteiger partial charge in [0.05, 0.1) is 5.54 Å².